The molecule has 3 rings (SSSR count). The molecular weight excluding hydrogens is 280 g/mol. The molecule has 1 aliphatic rings. The Kier molecular flexibility index (Phi) is 3.42. The molecule has 1 saturated heterocycles. The van der Waals surface area contributed by atoms with Gasteiger partial charge in [0.25, 0.3) is 5.91 Å². The second-order valence-corrected chi connectivity index (χ2v) is 5.02. The van der Waals surface area contributed by atoms with Crippen LogP contribution in [0, 0.1) is 11.6 Å². The second kappa shape index (κ2) is 5.25. The number of halogens is 2. The molecule has 0 aliphatic carbocycles. The number of aromatic nitrogens is 2. The molecule has 1 aliphatic heterocycles. The van der Waals surface area contributed by atoms with E-state index < -0.39 is 23.8 Å². The number of aromatic amines is 1. The Hall–Kier alpha value is -2.28. The lowest BCUT2D eigenvalue weighted by atomic mass is 10.0. The molecule has 5 nitrogen and oxygen atoms in total. The molecule has 110 valence electrons. The third-order valence-corrected chi connectivity index (χ3v) is 3.61. The molecule has 0 saturated carbocycles. The standard InChI is InChI=1S/C14H13F2N3O2/c15-11-2-1-8(3-12(11)16)13-4-10(20)7-19(13)14(21)9-5-17-18-6-9/h1-3,5-6,10,13,20H,4,7H2,(H,17,18)/t10-,13+/m1/s1. The lowest BCUT2D eigenvalue weighted by Gasteiger charge is -2.24. The third kappa shape index (κ3) is 2.52. The van der Waals surface area contributed by atoms with E-state index in [2.05, 4.69) is 10.2 Å². The number of hydrogen-bond acceptors (Lipinski definition) is 3. The van der Waals surface area contributed by atoms with E-state index in [1.807, 2.05) is 0 Å². The van der Waals surface area contributed by atoms with Gasteiger partial charge in [-0.15, -0.1) is 0 Å². The van der Waals surface area contributed by atoms with Gasteiger partial charge in [-0.3, -0.25) is 9.89 Å². The summed E-state index contributed by atoms with van der Waals surface area (Å²) in [7, 11) is 0. The summed E-state index contributed by atoms with van der Waals surface area (Å²) in [5.41, 5.74) is 0.818. The fraction of sp³-hybridized carbons (Fsp3) is 0.286. The van der Waals surface area contributed by atoms with E-state index in [1.165, 1.54) is 23.4 Å². The smallest absolute Gasteiger partial charge is 0.257 e. The summed E-state index contributed by atoms with van der Waals surface area (Å²) in [6.07, 6.45) is 2.43. The van der Waals surface area contributed by atoms with Crippen LogP contribution >= 0.6 is 0 Å². The van der Waals surface area contributed by atoms with Gasteiger partial charge in [0, 0.05) is 12.7 Å². The highest BCUT2D eigenvalue weighted by atomic mass is 19.2. The van der Waals surface area contributed by atoms with Crippen LogP contribution in [0.25, 0.3) is 0 Å². The number of benzene rings is 1. The summed E-state index contributed by atoms with van der Waals surface area (Å²) < 4.78 is 26.4. The molecule has 21 heavy (non-hydrogen) atoms. The van der Waals surface area contributed by atoms with E-state index in [-0.39, 0.29) is 18.9 Å². The van der Waals surface area contributed by atoms with E-state index >= 15 is 0 Å². The quantitative estimate of drug-likeness (QED) is 0.884. The van der Waals surface area contributed by atoms with Gasteiger partial charge in [0.2, 0.25) is 0 Å². The van der Waals surface area contributed by atoms with Crippen molar-refractivity contribution < 1.29 is 18.7 Å². The van der Waals surface area contributed by atoms with Crippen LogP contribution < -0.4 is 0 Å². The van der Waals surface area contributed by atoms with Crippen molar-refractivity contribution in [1.29, 1.82) is 0 Å². The molecule has 1 aromatic carbocycles. The largest absolute Gasteiger partial charge is 0.391 e. The van der Waals surface area contributed by atoms with Crippen LogP contribution in [0.5, 0.6) is 0 Å². The Morgan fingerprint density at radius 1 is 1.38 bits per heavy atom. The molecule has 1 fully saturated rings. The van der Waals surface area contributed by atoms with Gasteiger partial charge in [-0.25, -0.2) is 8.78 Å². The summed E-state index contributed by atoms with van der Waals surface area (Å²) >= 11 is 0. The number of likely N-dealkylation sites (tertiary alicyclic amines) is 1. The highest BCUT2D eigenvalue weighted by molar-refractivity contribution is 5.94. The van der Waals surface area contributed by atoms with Crippen LogP contribution in [0.3, 0.4) is 0 Å². The van der Waals surface area contributed by atoms with Crippen molar-refractivity contribution in [1.82, 2.24) is 15.1 Å². The molecule has 0 radical (unpaired) electrons. The van der Waals surface area contributed by atoms with Crippen molar-refractivity contribution in [3.8, 4) is 0 Å². The zero-order chi connectivity index (χ0) is 15.0. The summed E-state index contributed by atoms with van der Waals surface area (Å²) in [6, 6.07) is 3.03. The van der Waals surface area contributed by atoms with Gasteiger partial charge in [0.05, 0.1) is 23.9 Å². The number of aliphatic hydroxyl groups is 1. The normalized spacial score (nSPS) is 21.8. The minimum Gasteiger partial charge on any atom is -0.391 e. The third-order valence-electron chi connectivity index (χ3n) is 3.61. The predicted molar refractivity (Wildman–Crippen MR) is 69.3 cm³/mol. The first-order valence-electron chi connectivity index (χ1n) is 6.49. The number of nitrogens with zero attached hydrogens (tertiary/aromatic N) is 2. The van der Waals surface area contributed by atoms with Gasteiger partial charge in [0.15, 0.2) is 11.6 Å². The number of hydrogen-bond donors (Lipinski definition) is 2. The predicted octanol–water partition coefficient (Wildman–Crippen LogP) is 1.64. The van der Waals surface area contributed by atoms with Crippen LogP contribution in [0.4, 0.5) is 8.78 Å². The lowest BCUT2D eigenvalue weighted by molar-refractivity contribution is 0.0715. The number of amides is 1. The number of aliphatic hydroxyl groups excluding tert-OH is 1. The van der Waals surface area contributed by atoms with E-state index in [0.717, 1.165) is 12.1 Å². The van der Waals surface area contributed by atoms with E-state index in [0.29, 0.717) is 11.1 Å². The minimum absolute atomic E-state index is 0.147. The molecule has 2 N–H and O–H groups in total. The van der Waals surface area contributed by atoms with Crippen molar-refractivity contribution >= 4 is 5.91 Å². The fourth-order valence-corrected chi connectivity index (χ4v) is 2.61. The Labute approximate surface area is 119 Å². The first kappa shape index (κ1) is 13.7. The van der Waals surface area contributed by atoms with E-state index in [4.69, 9.17) is 0 Å². The summed E-state index contributed by atoms with van der Waals surface area (Å²) in [6.45, 7) is 0.147. The topological polar surface area (TPSA) is 69.2 Å². The number of carbonyl (C=O) groups excluding carboxylic acids is 1. The first-order valence-corrected chi connectivity index (χ1v) is 6.49. The summed E-state index contributed by atoms with van der Waals surface area (Å²) in [4.78, 5) is 13.8. The van der Waals surface area contributed by atoms with Crippen LogP contribution in [-0.2, 0) is 0 Å². The van der Waals surface area contributed by atoms with E-state index in [1.54, 1.807) is 0 Å². The van der Waals surface area contributed by atoms with Crippen LogP contribution in [0.1, 0.15) is 28.4 Å². The fourth-order valence-electron chi connectivity index (χ4n) is 2.61. The van der Waals surface area contributed by atoms with Crippen molar-refractivity contribution in [3.63, 3.8) is 0 Å². The SMILES string of the molecule is O=C(c1cn[nH]c1)N1C[C@H](O)C[C@H]1c1ccc(F)c(F)c1. The van der Waals surface area contributed by atoms with Gasteiger partial charge < -0.3 is 10.0 Å². The Bertz CT molecular complexity index is 660. The number of rotatable bonds is 2. The van der Waals surface area contributed by atoms with Crippen LogP contribution in [0.2, 0.25) is 0 Å². The Morgan fingerprint density at radius 2 is 2.19 bits per heavy atom. The Morgan fingerprint density at radius 3 is 2.86 bits per heavy atom. The molecule has 0 spiro atoms. The summed E-state index contributed by atoms with van der Waals surface area (Å²) in [5, 5.41) is 16.1. The van der Waals surface area contributed by atoms with Gasteiger partial charge in [-0.1, -0.05) is 6.07 Å². The molecule has 0 unspecified atom stereocenters. The van der Waals surface area contributed by atoms with Crippen molar-refractivity contribution in [2.75, 3.05) is 6.54 Å². The maximum absolute atomic E-state index is 13.4. The molecule has 0 bridgehead atoms. The molecular formula is C14H13F2N3O2. The van der Waals surface area contributed by atoms with Gasteiger partial charge in [0.1, 0.15) is 0 Å². The number of carbonyl (C=O) groups is 1. The minimum atomic E-state index is -0.968. The lowest BCUT2D eigenvalue weighted by Crippen LogP contribution is -2.31. The molecule has 7 heteroatoms. The average molecular weight is 293 g/mol. The van der Waals surface area contributed by atoms with Crippen LogP contribution in [-0.4, -0.2) is 38.8 Å². The molecule has 2 atom stereocenters. The number of H-pyrrole nitrogens is 1. The average Bonchev–Trinajstić information content (AvgIpc) is 3.10. The number of nitrogens with one attached hydrogen (secondary N) is 1. The maximum atomic E-state index is 13.4. The Balaban J connectivity index is 1.92. The molecule has 2 heterocycles. The maximum Gasteiger partial charge on any atom is 0.257 e. The molecule has 2 aromatic rings. The molecule has 1 amide bonds. The first-order chi connectivity index (χ1) is 10.1. The second-order valence-electron chi connectivity index (χ2n) is 5.02. The zero-order valence-corrected chi connectivity index (χ0v) is 11.0. The number of β-amino-alcohol motifs (C(OH)–C–C–N with tert-alkyl or cyclic N) is 1. The monoisotopic (exact) mass is 293 g/mol. The van der Waals surface area contributed by atoms with Crippen molar-refractivity contribution in [3.05, 3.63) is 53.4 Å². The zero-order valence-electron chi connectivity index (χ0n) is 11.0. The van der Waals surface area contributed by atoms with Crippen molar-refractivity contribution in [2.45, 2.75) is 18.6 Å². The van der Waals surface area contributed by atoms with E-state index in [9.17, 15) is 18.7 Å². The highest BCUT2D eigenvalue weighted by Gasteiger charge is 2.36. The van der Waals surface area contributed by atoms with Gasteiger partial charge >= 0.3 is 0 Å². The summed E-state index contributed by atoms with van der Waals surface area (Å²) in [5.74, 6) is -2.22. The molecule has 1 aromatic heterocycles. The van der Waals surface area contributed by atoms with Gasteiger partial charge in [-0.05, 0) is 24.1 Å². The highest BCUT2D eigenvalue weighted by Crippen LogP contribution is 2.33. The van der Waals surface area contributed by atoms with Crippen molar-refractivity contribution in [2.24, 2.45) is 0 Å². The van der Waals surface area contributed by atoms with Gasteiger partial charge in [-0.2, -0.15) is 5.10 Å². The van der Waals surface area contributed by atoms with Crippen LogP contribution in [0.15, 0.2) is 30.6 Å².